The molecular weight excluding hydrogens is 702 g/mol. The summed E-state index contributed by atoms with van der Waals surface area (Å²) < 4.78 is 35.3. The zero-order valence-corrected chi connectivity index (χ0v) is 34.3. The predicted molar refractivity (Wildman–Crippen MR) is 210 cm³/mol. The number of amides is 2. The molecule has 1 atom stereocenters. The molecule has 12 nitrogen and oxygen atoms in total. The van der Waals surface area contributed by atoms with Crippen molar-refractivity contribution in [3.63, 3.8) is 0 Å². The summed E-state index contributed by atoms with van der Waals surface area (Å²) in [7, 11) is -3.46. The van der Waals surface area contributed by atoms with Crippen molar-refractivity contribution in [2.75, 3.05) is 17.6 Å². The first-order chi connectivity index (χ1) is 24.3. The number of fused-ring (bicyclic) bond motifs is 1. The van der Waals surface area contributed by atoms with E-state index in [2.05, 4.69) is 58.3 Å². The first-order valence-electron chi connectivity index (χ1n) is 18.8. The van der Waals surface area contributed by atoms with Gasteiger partial charge in [0.2, 0.25) is 15.9 Å². The number of sulfonamides is 1. The van der Waals surface area contributed by atoms with Gasteiger partial charge in [0.15, 0.2) is 17.6 Å². The van der Waals surface area contributed by atoms with Gasteiger partial charge < -0.3 is 15.4 Å². The zero-order chi connectivity index (χ0) is 38.7. The van der Waals surface area contributed by atoms with E-state index in [9.17, 15) is 18.0 Å². The van der Waals surface area contributed by atoms with Crippen molar-refractivity contribution < 1.29 is 22.7 Å². The van der Waals surface area contributed by atoms with Crippen LogP contribution in [0, 0.1) is 0 Å². The maximum atomic E-state index is 13.5. The molecule has 0 fully saturated rings. The molecule has 2 amide bonds. The Labute approximate surface area is 316 Å². The van der Waals surface area contributed by atoms with E-state index in [-0.39, 0.29) is 35.9 Å². The van der Waals surface area contributed by atoms with E-state index in [0.29, 0.717) is 34.4 Å². The number of rotatable bonds is 22. The molecule has 4 N–H and O–H groups in total. The fraction of sp³-hybridized carbons (Fsp3) is 0.684. The molecule has 52 heavy (non-hydrogen) atoms. The average molecular weight is 764 g/mol. The molecule has 3 aromatic rings. The lowest BCUT2D eigenvalue weighted by atomic mass is 9.73. The zero-order valence-electron chi connectivity index (χ0n) is 32.7. The number of ether oxygens (including phenoxy) is 1. The summed E-state index contributed by atoms with van der Waals surface area (Å²) in [6, 6.07) is 6.82. The first-order valence-corrected chi connectivity index (χ1v) is 20.8. The van der Waals surface area contributed by atoms with E-state index in [0.717, 1.165) is 25.0 Å². The molecule has 0 spiro atoms. The minimum atomic E-state index is -3.46. The van der Waals surface area contributed by atoms with Gasteiger partial charge in [-0.05, 0) is 39.3 Å². The Morgan fingerprint density at radius 1 is 0.923 bits per heavy atom. The number of aromatic amines is 1. The molecule has 0 bridgehead atoms. The number of benzene rings is 1. The van der Waals surface area contributed by atoms with Crippen molar-refractivity contribution in [2.45, 2.75) is 155 Å². The number of hydrogen-bond donors (Lipinski definition) is 4. The van der Waals surface area contributed by atoms with Crippen LogP contribution in [0.3, 0.4) is 0 Å². The number of H-pyrrole nitrogens is 1. The van der Waals surface area contributed by atoms with Gasteiger partial charge in [-0.3, -0.25) is 14.7 Å². The summed E-state index contributed by atoms with van der Waals surface area (Å²) in [6.07, 6.45) is 10.3. The molecule has 0 aliphatic rings. The van der Waals surface area contributed by atoms with Gasteiger partial charge in [0, 0.05) is 29.3 Å². The fourth-order valence-corrected chi connectivity index (χ4v) is 7.44. The summed E-state index contributed by atoms with van der Waals surface area (Å²) in [5, 5.41) is 18.6. The topological polar surface area (TPSA) is 160 Å². The standard InChI is InChI=1S/C38H62ClN7O5S/c1-10-11-12-13-14-15-16-17-18-21-26-52(49,50)40-25-24-30(47)41-28-22-19-20-23-29(28)51-27(2)34(48)42-38(8,9)37(6,7)35-44-43-33-31(39)32(36(3,4)5)45-46(33)35/h19-20,22-23,27,40,45H,10-18,21,24-26H2,1-9H3,(H,41,47)(H,42,48). The number of unbranched alkanes of at least 4 members (excludes halogenated alkanes) is 9. The highest BCUT2D eigenvalue weighted by Crippen LogP contribution is 2.37. The van der Waals surface area contributed by atoms with Crippen LogP contribution in [-0.2, 0) is 30.4 Å². The molecule has 0 saturated heterocycles. The van der Waals surface area contributed by atoms with E-state index in [1.807, 2.05) is 27.7 Å². The van der Waals surface area contributed by atoms with E-state index in [4.69, 9.17) is 16.3 Å². The van der Waals surface area contributed by atoms with Crippen molar-refractivity contribution in [3.05, 3.63) is 40.8 Å². The maximum Gasteiger partial charge on any atom is 0.261 e. The number of halogens is 1. The van der Waals surface area contributed by atoms with Gasteiger partial charge in [-0.25, -0.2) is 17.7 Å². The lowest BCUT2D eigenvalue weighted by Crippen LogP contribution is -2.58. The van der Waals surface area contributed by atoms with Crippen molar-refractivity contribution in [1.82, 2.24) is 29.9 Å². The molecule has 14 heteroatoms. The minimum Gasteiger partial charge on any atom is -0.479 e. The van der Waals surface area contributed by atoms with Gasteiger partial charge in [-0.15, -0.1) is 10.2 Å². The highest BCUT2D eigenvalue weighted by molar-refractivity contribution is 7.89. The number of carbonyl (C=O) groups excluding carboxylic acids is 2. The molecule has 0 aliphatic heterocycles. The summed E-state index contributed by atoms with van der Waals surface area (Å²) in [5.41, 5.74) is -0.0379. The number of hydrogen-bond acceptors (Lipinski definition) is 7. The Balaban J connectivity index is 1.50. The number of aromatic nitrogens is 4. The van der Waals surface area contributed by atoms with Gasteiger partial charge >= 0.3 is 0 Å². The van der Waals surface area contributed by atoms with Crippen LogP contribution in [0.1, 0.15) is 144 Å². The molecular formula is C38H62ClN7O5S. The van der Waals surface area contributed by atoms with Gasteiger partial charge in [0.1, 0.15) is 10.8 Å². The first kappa shape index (κ1) is 43.2. The van der Waals surface area contributed by atoms with Crippen molar-refractivity contribution in [1.29, 1.82) is 0 Å². The SMILES string of the molecule is CCCCCCCCCCCCS(=O)(=O)NCCC(=O)Nc1ccccc1OC(C)C(=O)NC(C)(C)C(C)(C)c1nnc2c(Cl)c(C(C)(C)C)[nH]n12. The molecule has 0 saturated carbocycles. The highest BCUT2D eigenvalue weighted by atomic mass is 35.5. The molecule has 292 valence electrons. The van der Waals surface area contributed by atoms with Crippen LogP contribution in [0.25, 0.3) is 5.65 Å². The maximum absolute atomic E-state index is 13.5. The predicted octanol–water partition coefficient (Wildman–Crippen LogP) is 7.82. The summed E-state index contributed by atoms with van der Waals surface area (Å²) in [4.78, 5) is 26.3. The van der Waals surface area contributed by atoms with Crippen LogP contribution in [-0.4, -0.2) is 64.0 Å². The summed E-state index contributed by atoms with van der Waals surface area (Å²) >= 11 is 6.66. The Morgan fingerprint density at radius 2 is 1.52 bits per heavy atom. The number of carbonyl (C=O) groups is 2. The summed E-state index contributed by atoms with van der Waals surface area (Å²) in [5.74, 6) is 0.227. The van der Waals surface area contributed by atoms with Crippen LogP contribution >= 0.6 is 11.6 Å². The smallest absolute Gasteiger partial charge is 0.261 e. The van der Waals surface area contributed by atoms with Crippen LogP contribution in [0.5, 0.6) is 5.75 Å². The van der Waals surface area contributed by atoms with Gasteiger partial charge in [-0.1, -0.05) is 123 Å². The van der Waals surface area contributed by atoms with Gasteiger partial charge in [0.05, 0.1) is 17.1 Å². The van der Waals surface area contributed by atoms with Crippen LogP contribution in [0.2, 0.25) is 5.02 Å². The Kier molecular flexibility index (Phi) is 15.6. The van der Waals surface area contributed by atoms with Gasteiger partial charge in [-0.2, -0.15) is 0 Å². The Hall–Kier alpha value is -3.16. The van der Waals surface area contributed by atoms with E-state index in [1.54, 1.807) is 35.7 Å². The lowest BCUT2D eigenvalue weighted by Gasteiger charge is -2.41. The molecule has 2 heterocycles. The highest BCUT2D eigenvalue weighted by Gasteiger charge is 2.44. The van der Waals surface area contributed by atoms with Gasteiger partial charge in [0.25, 0.3) is 5.91 Å². The molecule has 3 rings (SSSR count). The van der Waals surface area contributed by atoms with Crippen molar-refractivity contribution in [3.8, 4) is 5.75 Å². The van der Waals surface area contributed by atoms with Crippen molar-refractivity contribution in [2.24, 2.45) is 0 Å². The second kappa shape index (κ2) is 18.7. The van der Waals surface area contributed by atoms with Crippen LogP contribution in [0.15, 0.2) is 24.3 Å². The molecule has 2 aromatic heterocycles. The molecule has 0 aliphatic carbocycles. The lowest BCUT2D eigenvalue weighted by molar-refractivity contribution is -0.129. The number of nitrogens with one attached hydrogen (secondary N) is 4. The second-order valence-corrected chi connectivity index (χ2v) is 18.2. The van der Waals surface area contributed by atoms with Crippen molar-refractivity contribution >= 4 is 44.8 Å². The van der Waals surface area contributed by atoms with Crippen LogP contribution < -0.4 is 20.1 Å². The molecule has 0 radical (unpaired) electrons. The van der Waals surface area contributed by atoms with E-state index < -0.39 is 27.1 Å². The largest absolute Gasteiger partial charge is 0.479 e. The number of anilines is 1. The fourth-order valence-electron chi connectivity index (χ4n) is 5.85. The van der Waals surface area contributed by atoms with E-state index in [1.165, 1.54) is 38.5 Å². The number of nitrogens with zero attached hydrogens (tertiary/aromatic N) is 3. The van der Waals surface area contributed by atoms with Crippen LogP contribution in [0.4, 0.5) is 5.69 Å². The third-order valence-electron chi connectivity index (χ3n) is 9.88. The second-order valence-electron chi connectivity index (χ2n) is 15.9. The third-order valence-corrected chi connectivity index (χ3v) is 11.7. The monoisotopic (exact) mass is 763 g/mol. The quantitative estimate of drug-likeness (QED) is 0.0760. The normalized spacial score (nSPS) is 13.3. The number of para-hydroxylation sites is 2. The van der Waals surface area contributed by atoms with E-state index >= 15 is 0 Å². The molecule has 1 aromatic carbocycles. The third kappa shape index (κ3) is 11.9. The Bertz CT molecular complexity index is 1730. The minimum absolute atomic E-state index is 0.0107. The molecule has 1 unspecified atom stereocenters. The Morgan fingerprint density at radius 3 is 2.13 bits per heavy atom. The summed E-state index contributed by atoms with van der Waals surface area (Å²) in [6.45, 7) is 17.8. The average Bonchev–Trinajstić information content (AvgIpc) is 3.63.